The zero-order valence-electron chi connectivity index (χ0n) is 14.8. The molecule has 0 saturated heterocycles. The predicted octanol–water partition coefficient (Wildman–Crippen LogP) is 7.64. The molecular formula is C21H15Cl4NO2. The van der Waals surface area contributed by atoms with Crippen molar-refractivity contribution in [1.82, 2.24) is 0 Å². The van der Waals surface area contributed by atoms with Crippen LogP contribution in [-0.4, -0.2) is 13.3 Å². The maximum absolute atomic E-state index is 6.17. The van der Waals surface area contributed by atoms with Gasteiger partial charge in [0, 0.05) is 16.8 Å². The van der Waals surface area contributed by atoms with E-state index in [0.29, 0.717) is 43.9 Å². The Morgan fingerprint density at radius 2 is 1.57 bits per heavy atom. The number of ether oxygens (including phenoxy) is 2. The summed E-state index contributed by atoms with van der Waals surface area (Å²) in [5.41, 5.74) is 2.23. The van der Waals surface area contributed by atoms with Crippen LogP contribution in [0.1, 0.15) is 11.1 Å². The zero-order chi connectivity index (χ0) is 20.1. The van der Waals surface area contributed by atoms with Crippen LogP contribution in [0.4, 0.5) is 5.69 Å². The molecule has 7 heteroatoms. The van der Waals surface area contributed by atoms with Crippen molar-refractivity contribution >= 4 is 58.3 Å². The largest absolute Gasteiger partial charge is 0.493 e. The molecule has 0 atom stereocenters. The van der Waals surface area contributed by atoms with Gasteiger partial charge in [0.15, 0.2) is 11.5 Å². The number of hydrogen-bond acceptors (Lipinski definition) is 3. The molecule has 0 aliphatic carbocycles. The van der Waals surface area contributed by atoms with Crippen LogP contribution in [0.25, 0.3) is 0 Å². The van der Waals surface area contributed by atoms with E-state index < -0.39 is 0 Å². The molecule has 0 spiro atoms. The fourth-order valence-electron chi connectivity index (χ4n) is 2.41. The summed E-state index contributed by atoms with van der Waals surface area (Å²) in [4.78, 5) is 4.37. The van der Waals surface area contributed by atoms with Crippen molar-refractivity contribution in [3.8, 4) is 11.5 Å². The van der Waals surface area contributed by atoms with Gasteiger partial charge in [-0.3, -0.25) is 4.99 Å². The lowest BCUT2D eigenvalue weighted by molar-refractivity contribution is 0.284. The summed E-state index contributed by atoms with van der Waals surface area (Å²) in [7, 11) is 1.58. The third-order valence-corrected chi connectivity index (χ3v) is 5.26. The number of halogens is 4. The van der Waals surface area contributed by atoms with E-state index in [1.165, 1.54) is 0 Å². The van der Waals surface area contributed by atoms with E-state index in [1.54, 1.807) is 25.5 Å². The molecule has 3 aromatic carbocycles. The van der Waals surface area contributed by atoms with Gasteiger partial charge in [0.2, 0.25) is 0 Å². The smallest absolute Gasteiger partial charge is 0.161 e. The molecule has 0 unspecified atom stereocenters. The topological polar surface area (TPSA) is 30.8 Å². The van der Waals surface area contributed by atoms with Crippen molar-refractivity contribution in [1.29, 1.82) is 0 Å². The summed E-state index contributed by atoms with van der Waals surface area (Å²) >= 11 is 24.3. The summed E-state index contributed by atoms with van der Waals surface area (Å²) < 4.78 is 11.3. The first-order chi connectivity index (χ1) is 13.5. The molecule has 0 bridgehead atoms. The van der Waals surface area contributed by atoms with E-state index in [-0.39, 0.29) is 0 Å². The van der Waals surface area contributed by atoms with E-state index in [2.05, 4.69) is 4.99 Å². The Kier molecular flexibility index (Phi) is 7.08. The highest BCUT2D eigenvalue weighted by Gasteiger charge is 2.08. The first kappa shape index (κ1) is 20.8. The Balaban J connectivity index is 1.77. The maximum atomic E-state index is 6.17. The van der Waals surface area contributed by atoms with Gasteiger partial charge >= 0.3 is 0 Å². The maximum Gasteiger partial charge on any atom is 0.161 e. The number of aliphatic imine (C=N–C) groups is 1. The van der Waals surface area contributed by atoms with Crippen molar-refractivity contribution < 1.29 is 9.47 Å². The predicted molar refractivity (Wildman–Crippen MR) is 118 cm³/mol. The highest BCUT2D eigenvalue weighted by Crippen LogP contribution is 2.34. The number of nitrogens with zero attached hydrogens (tertiary/aromatic N) is 1. The first-order valence-electron chi connectivity index (χ1n) is 8.21. The lowest BCUT2D eigenvalue weighted by Crippen LogP contribution is -1.99. The third kappa shape index (κ3) is 5.12. The Morgan fingerprint density at radius 3 is 2.32 bits per heavy atom. The van der Waals surface area contributed by atoms with Gasteiger partial charge in [0.1, 0.15) is 6.61 Å². The Hall–Kier alpha value is -1.91. The van der Waals surface area contributed by atoms with E-state index in [9.17, 15) is 0 Å². The van der Waals surface area contributed by atoms with E-state index in [1.807, 2.05) is 42.5 Å². The first-order valence-corrected chi connectivity index (χ1v) is 9.72. The molecule has 3 aromatic rings. The molecule has 0 aromatic heterocycles. The second kappa shape index (κ2) is 9.53. The number of methoxy groups -OCH3 is 1. The van der Waals surface area contributed by atoms with Gasteiger partial charge in [0.05, 0.1) is 27.9 Å². The quantitative estimate of drug-likeness (QED) is 0.283. The molecule has 0 heterocycles. The summed E-state index contributed by atoms with van der Waals surface area (Å²) in [5, 5.41) is 1.84. The highest BCUT2D eigenvalue weighted by atomic mass is 35.5. The molecule has 0 aliphatic heterocycles. The summed E-state index contributed by atoms with van der Waals surface area (Å²) in [6, 6.07) is 16.2. The Morgan fingerprint density at radius 1 is 0.821 bits per heavy atom. The number of rotatable bonds is 6. The molecule has 3 rings (SSSR count). The fraction of sp³-hybridized carbons (Fsp3) is 0.0952. The van der Waals surface area contributed by atoms with Crippen molar-refractivity contribution in [3.05, 3.63) is 85.8 Å². The number of hydrogen-bond donors (Lipinski definition) is 0. The monoisotopic (exact) mass is 453 g/mol. The van der Waals surface area contributed by atoms with Crippen LogP contribution in [0, 0.1) is 0 Å². The average Bonchev–Trinajstić information content (AvgIpc) is 2.69. The minimum atomic E-state index is 0.336. The standard InChI is InChI=1S/C21H15Cl4NO2/c1-27-21-8-13(11-26-19-10-17(24)16(23)9-18(19)25)6-7-20(21)28-12-14-4-2-3-5-15(14)22/h2-11H,12H2,1H3. The van der Waals surface area contributed by atoms with Crippen LogP contribution in [0.2, 0.25) is 20.1 Å². The molecule has 0 N–H and O–H groups in total. The van der Waals surface area contributed by atoms with Crippen LogP contribution in [0.3, 0.4) is 0 Å². The van der Waals surface area contributed by atoms with Crippen molar-refractivity contribution in [2.75, 3.05) is 7.11 Å². The third-order valence-electron chi connectivity index (χ3n) is 3.87. The molecule has 0 aliphatic rings. The molecule has 0 saturated carbocycles. The second-order valence-corrected chi connectivity index (χ2v) is 7.40. The van der Waals surface area contributed by atoms with E-state index >= 15 is 0 Å². The van der Waals surface area contributed by atoms with Crippen LogP contribution < -0.4 is 9.47 Å². The van der Waals surface area contributed by atoms with Crippen LogP contribution in [0.15, 0.2) is 59.6 Å². The van der Waals surface area contributed by atoms with Crippen LogP contribution in [0.5, 0.6) is 11.5 Å². The van der Waals surface area contributed by atoms with Crippen molar-refractivity contribution in [2.45, 2.75) is 6.61 Å². The van der Waals surface area contributed by atoms with Gasteiger partial charge in [0.25, 0.3) is 0 Å². The van der Waals surface area contributed by atoms with Gasteiger partial charge in [-0.25, -0.2) is 0 Å². The van der Waals surface area contributed by atoms with E-state index in [4.69, 9.17) is 55.9 Å². The van der Waals surface area contributed by atoms with Crippen molar-refractivity contribution in [2.24, 2.45) is 4.99 Å². The van der Waals surface area contributed by atoms with Gasteiger partial charge in [-0.05, 0) is 42.0 Å². The van der Waals surface area contributed by atoms with E-state index in [0.717, 1.165) is 11.1 Å². The molecule has 0 radical (unpaired) electrons. The molecule has 28 heavy (non-hydrogen) atoms. The average molecular weight is 455 g/mol. The summed E-state index contributed by atoms with van der Waals surface area (Å²) in [5.74, 6) is 1.18. The summed E-state index contributed by atoms with van der Waals surface area (Å²) in [6.45, 7) is 0.336. The Labute approximate surface area is 183 Å². The minimum Gasteiger partial charge on any atom is -0.493 e. The fourth-order valence-corrected chi connectivity index (χ4v) is 3.19. The molecule has 144 valence electrons. The molecular weight excluding hydrogens is 440 g/mol. The van der Waals surface area contributed by atoms with Crippen LogP contribution >= 0.6 is 46.4 Å². The summed E-state index contributed by atoms with van der Waals surface area (Å²) in [6.07, 6.45) is 1.66. The lowest BCUT2D eigenvalue weighted by Gasteiger charge is -2.12. The zero-order valence-corrected chi connectivity index (χ0v) is 17.8. The van der Waals surface area contributed by atoms with Gasteiger partial charge in [-0.2, -0.15) is 0 Å². The number of benzene rings is 3. The highest BCUT2D eigenvalue weighted by molar-refractivity contribution is 6.44. The minimum absolute atomic E-state index is 0.336. The van der Waals surface area contributed by atoms with Crippen molar-refractivity contribution in [3.63, 3.8) is 0 Å². The lowest BCUT2D eigenvalue weighted by atomic mass is 10.2. The second-order valence-electron chi connectivity index (χ2n) is 5.77. The van der Waals surface area contributed by atoms with Gasteiger partial charge < -0.3 is 9.47 Å². The normalized spacial score (nSPS) is 11.0. The van der Waals surface area contributed by atoms with Gasteiger partial charge in [-0.15, -0.1) is 0 Å². The molecule has 3 nitrogen and oxygen atoms in total. The Bertz CT molecular complexity index is 1020. The molecule has 0 amide bonds. The van der Waals surface area contributed by atoms with Gasteiger partial charge in [-0.1, -0.05) is 64.6 Å². The molecule has 0 fully saturated rings. The van der Waals surface area contributed by atoms with Crippen LogP contribution in [-0.2, 0) is 6.61 Å². The SMILES string of the molecule is COc1cc(C=Nc2cc(Cl)c(Cl)cc2Cl)ccc1OCc1ccccc1Cl.